The molecule has 0 aliphatic carbocycles. The number of hydrogen-bond acceptors (Lipinski definition) is 4. The van der Waals surface area contributed by atoms with Crippen molar-refractivity contribution in [2.45, 2.75) is 44.8 Å². The van der Waals surface area contributed by atoms with Crippen molar-refractivity contribution >= 4 is 0 Å². The zero-order valence-corrected chi connectivity index (χ0v) is 11.7. The normalized spacial score (nSPS) is 24.6. The number of rotatable bonds is 2. The van der Waals surface area contributed by atoms with E-state index in [1.54, 1.807) is 0 Å². The van der Waals surface area contributed by atoms with Crippen LogP contribution in [-0.2, 0) is 13.0 Å². The van der Waals surface area contributed by atoms with E-state index in [2.05, 4.69) is 25.9 Å². The molecule has 2 aliphatic heterocycles. The van der Waals surface area contributed by atoms with Gasteiger partial charge < -0.3 is 0 Å². The van der Waals surface area contributed by atoms with Gasteiger partial charge in [0.2, 0.25) is 0 Å². The summed E-state index contributed by atoms with van der Waals surface area (Å²) in [5.74, 6) is 0.892. The monoisotopic (exact) mass is 266 g/mol. The Balaban J connectivity index is 1.66. The van der Waals surface area contributed by atoms with Crippen LogP contribution in [0.15, 0.2) is 30.7 Å². The number of aryl methyl sites for hydroxylation is 1. The van der Waals surface area contributed by atoms with Crippen LogP contribution in [0.4, 0.5) is 0 Å². The van der Waals surface area contributed by atoms with E-state index in [0.717, 1.165) is 18.8 Å². The molecule has 102 valence electrons. The van der Waals surface area contributed by atoms with Gasteiger partial charge in [-0.15, -0.1) is 0 Å². The highest BCUT2D eigenvalue weighted by Gasteiger charge is 2.40. The molecular formula is C16H18N4. The zero-order chi connectivity index (χ0) is 13.5. The van der Waals surface area contributed by atoms with E-state index in [1.807, 2.05) is 31.6 Å². The number of pyridine rings is 1. The summed E-state index contributed by atoms with van der Waals surface area (Å²) in [5.41, 5.74) is 3.90. The van der Waals surface area contributed by atoms with Gasteiger partial charge >= 0.3 is 0 Å². The van der Waals surface area contributed by atoms with Crippen molar-refractivity contribution in [1.82, 2.24) is 19.9 Å². The molecule has 1 fully saturated rings. The minimum atomic E-state index is 0.490. The van der Waals surface area contributed by atoms with Crippen LogP contribution < -0.4 is 0 Å². The molecule has 0 amide bonds. The fourth-order valence-electron chi connectivity index (χ4n) is 3.62. The van der Waals surface area contributed by atoms with Crippen LogP contribution in [0.2, 0.25) is 0 Å². The number of aromatic nitrogens is 3. The highest BCUT2D eigenvalue weighted by Crippen LogP contribution is 2.43. The molecule has 2 aliphatic rings. The van der Waals surface area contributed by atoms with Gasteiger partial charge in [0.05, 0.1) is 5.69 Å². The van der Waals surface area contributed by atoms with E-state index in [0.29, 0.717) is 12.1 Å². The first-order chi connectivity index (χ1) is 9.81. The molecule has 2 bridgehead atoms. The third-order valence-corrected chi connectivity index (χ3v) is 4.54. The molecule has 0 aromatic carbocycles. The molecule has 4 rings (SSSR count). The Kier molecular flexibility index (Phi) is 2.77. The summed E-state index contributed by atoms with van der Waals surface area (Å²) in [6.07, 6.45) is 9.40. The van der Waals surface area contributed by atoms with Gasteiger partial charge in [0.1, 0.15) is 5.82 Å². The Morgan fingerprint density at radius 3 is 3.10 bits per heavy atom. The second kappa shape index (κ2) is 4.63. The molecule has 0 unspecified atom stereocenters. The van der Waals surface area contributed by atoms with Crippen LogP contribution in [0.25, 0.3) is 0 Å². The maximum absolute atomic E-state index is 4.65. The summed E-state index contributed by atoms with van der Waals surface area (Å²) in [7, 11) is 0. The molecule has 1 saturated heterocycles. The second-order valence-corrected chi connectivity index (χ2v) is 5.80. The predicted octanol–water partition coefficient (Wildman–Crippen LogP) is 2.44. The van der Waals surface area contributed by atoms with Crippen LogP contribution in [0, 0.1) is 6.92 Å². The quantitative estimate of drug-likeness (QED) is 0.837. The lowest BCUT2D eigenvalue weighted by Crippen LogP contribution is -2.37. The van der Waals surface area contributed by atoms with E-state index in [-0.39, 0.29) is 0 Å². The lowest BCUT2D eigenvalue weighted by Gasteiger charge is -2.35. The van der Waals surface area contributed by atoms with E-state index in [9.17, 15) is 0 Å². The molecule has 2 aromatic heterocycles. The average Bonchev–Trinajstić information content (AvgIpc) is 2.74. The topological polar surface area (TPSA) is 41.9 Å². The lowest BCUT2D eigenvalue weighted by atomic mass is 9.98. The highest BCUT2D eigenvalue weighted by molar-refractivity contribution is 5.29. The Morgan fingerprint density at radius 1 is 1.30 bits per heavy atom. The van der Waals surface area contributed by atoms with E-state index < -0.39 is 0 Å². The number of nitrogens with zero attached hydrogens (tertiary/aromatic N) is 4. The van der Waals surface area contributed by atoms with Crippen molar-refractivity contribution in [3.8, 4) is 0 Å². The molecule has 4 nitrogen and oxygen atoms in total. The van der Waals surface area contributed by atoms with E-state index in [1.165, 1.54) is 29.7 Å². The van der Waals surface area contributed by atoms with Crippen LogP contribution in [-0.4, -0.2) is 25.9 Å². The summed E-state index contributed by atoms with van der Waals surface area (Å²) in [4.78, 5) is 15.9. The van der Waals surface area contributed by atoms with Gasteiger partial charge in [-0.2, -0.15) is 0 Å². The predicted molar refractivity (Wildman–Crippen MR) is 76.0 cm³/mol. The first kappa shape index (κ1) is 12.0. The average molecular weight is 266 g/mol. The summed E-state index contributed by atoms with van der Waals surface area (Å²) in [6, 6.07) is 5.29. The zero-order valence-electron chi connectivity index (χ0n) is 11.7. The highest BCUT2D eigenvalue weighted by atomic mass is 15.2. The van der Waals surface area contributed by atoms with Gasteiger partial charge in [-0.05, 0) is 31.4 Å². The van der Waals surface area contributed by atoms with Crippen molar-refractivity contribution < 1.29 is 0 Å². The standard InChI is InChI=1S/C16H18N4/c1-11-18-9-14-15(19-11)7-13-4-5-16(14)20(13)10-12-3-2-6-17-8-12/h2-3,6,8-9,13,16H,4-5,7,10H2,1H3/t13-,16-/m0/s1. The van der Waals surface area contributed by atoms with Gasteiger partial charge in [-0.1, -0.05) is 6.07 Å². The molecule has 0 spiro atoms. The van der Waals surface area contributed by atoms with Crippen molar-refractivity contribution in [1.29, 1.82) is 0 Å². The van der Waals surface area contributed by atoms with Gasteiger partial charge in [0.25, 0.3) is 0 Å². The molecule has 0 N–H and O–H groups in total. The lowest BCUT2D eigenvalue weighted by molar-refractivity contribution is 0.166. The first-order valence-electron chi connectivity index (χ1n) is 7.28. The van der Waals surface area contributed by atoms with Crippen molar-refractivity contribution in [3.63, 3.8) is 0 Å². The fraction of sp³-hybridized carbons (Fsp3) is 0.438. The minimum absolute atomic E-state index is 0.490. The Morgan fingerprint density at radius 2 is 2.25 bits per heavy atom. The summed E-state index contributed by atoms with van der Waals surface area (Å²) < 4.78 is 0. The summed E-state index contributed by atoms with van der Waals surface area (Å²) in [6.45, 7) is 2.96. The minimum Gasteiger partial charge on any atom is -0.289 e. The second-order valence-electron chi connectivity index (χ2n) is 5.80. The van der Waals surface area contributed by atoms with Gasteiger partial charge in [-0.25, -0.2) is 9.97 Å². The van der Waals surface area contributed by atoms with E-state index >= 15 is 0 Å². The van der Waals surface area contributed by atoms with Crippen LogP contribution >= 0.6 is 0 Å². The Bertz CT molecular complexity index is 626. The smallest absolute Gasteiger partial charge is 0.125 e. The third-order valence-electron chi connectivity index (χ3n) is 4.54. The van der Waals surface area contributed by atoms with Gasteiger partial charge in [0, 0.05) is 49.2 Å². The molecule has 20 heavy (non-hydrogen) atoms. The van der Waals surface area contributed by atoms with Gasteiger partial charge in [0.15, 0.2) is 0 Å². The molecule has 0 saturated carbocycles. The maximum Gasteiger partial charge on any atom is 0.125 e. The molecule has 4 heterocycles. The molecular weight excluding hydrogens is 248 g/mol. The number of fused-ring (bicyclic) bond motifs is 4. The summed E-state index contributed by atoms with van der Waals surface area (Å²) in [5, 5.41) is 0. The fourth-order valence-corrected chi connectivity index (χ4v) is 3.62. The Hall–Kier alpha value is -1.81. The largest absolute Gasteiger partial charge is 0.289 e. The van der Waals surface area contributed by atoms with Crippen LogP contribution in [0.1, 0.15) is 41.5 Å². The molecule has 0 radical (unpaired) electrons. The molecule has 2 aromatic rings. The maximum atomic E-state index is 4.65. The van der Waals surface area contributed by atoms with Crippen LogP contribution in [0.3, 0.4) is 0 Å². The molecule has 2 atom stereocenters. The SMILES string of the molecule is Cc1ncc2c(n1)C[C@@H]1CC[C@@H]2N1Cc1cccnc1. The van der Waals surface area contributed by atoms with Crippen molar-refractivity contribution in [3.05, 3.63) is 53.4 Å². The molecule has 4 heteroatoms. The van der Waals surface area contributed by atoms with Gasteiger partial charge in [-0.3, -0.25) is 9.88 Å². The first-order valence-corrected chi connectivity index (χ1v) is 7.28. The van der Waals surface area contributed by atoms with Crippen molar-refractivity contribution in [2.75, 3.05) is 0 Å². The number of hydrogen-bond donors (Lipinski definition) is 0. The summed E-state index contributed by atoms with van der Waals surface area (Å²) >= 11 is 0. The van der Waals surface area contributed by atoms with Crippen LogP contribution in [0.5, 0.6) is 0 Å². The van der Waals surface area contributed by atoms with Crippen molar-refractivity contribution in [2.24, 2.45) is 0 Å². The van der Waals surface area contributed by atoms with E-state index in [4.69, 9.17) is 0 Å². The Labute approximate surface area is 118 Å². The third kappa shape index (κ3) is 1.91.